The van der Waals surface area contributed by atoms with E-state index in [1.807, 2.05) is 11.0 Å². The van der Waals surface area contributed by atoms with Crippen LogP contribution in [-0.2, 0) is 11.3 Å². The molecule has 1 aliphatic heterocycles. The van der Waals surface area contributed by atoms with Crippen molar-refractivity contribution in [1.82, 2.24) is 15.1 Å². The highest BCUT2D eigenvalue weighted by Gasteiger charge is 2.19. The van der Waals surface area contributed by atoms with Gasteiger partial charge in [-0.2, -0.15) is 0 Å². The molecule has 0 aromatic heterocycles. The van der Waals surface area contributed by atoms with E-state index < -0.39 is 0 Å². The van der Waals surface area contributed by atoms with E-state index in [0.29, 0.717) is 6.54 Å². The Morgan fingerprint density at radius 1 is 1.00 bits per heavy atom. The van der Waals surface area contributed by atoms with E-state index >= 15 is 0 Å². The van der Waals surface area contributed by atoms with Crippen molar-refractivity contribution in [2.75, 3.05) is 39.3 Å². The molecule has 142 valence electrons. The topological polar surface area (TPSA) is 35.6 Å². The first-order chi connectivity index (χ1) is 13.2. The van der Waals surface area contributed by atoms with Crippen molar-refractivity contribution in [3.05, 3.63) is 77.4 Å². The van der Waals surface area contributed by atoms with Crippen LogP contribution in [-0.4, -0.2) is 55.0 Å². The van der Waals surface area contributed by atoms with Crippen LogP contribution < -0.4 is 5.32 Å². The summed E-state index contributed by atoms with van der Waals surface area (Å²) in [6.07, 6.45) is 4.36. The predicted molar refractivity (Wildman–Crippen MR) is 111 cm³/mol. The SMILES string of the molecule is Cc1ccc(CNCC(=O)N2CCN(C/C=C/c3ccccc3)CC2)cc1. The lowest BCUT2D eigenvalue weighted by Crippen LogP contribution is -2.50. The van der Waals surface area contributed by atoms with E-state index in [9.17, 15) is 4.79 Å². The van der Waals surface area contributed by atoms with Crippen LogP contribution in [0.1, 0.15) is 16.7 Å². The van der Waals surface area contributed by atoms with Gasteiger partial charge in [-0.3, -0.25) is 9.69 Å². The Kier molecular flexibility index (Phi) is 7.19. The molecule has 0 spiro atoms. The third-order valence-corrected chi connectivity index (χ3v) is 4.92. The third-order valence-electron chi connectivity index (χ3n) is 4.92. The van der Waals surface area contributed by atoms with Crippen LogP contribution in [0.2, 0.25) is 0 Å². The Labute approximate surface area is 162 Å². The first kappa shape index (κ1) is 19.3. The van der Waals surface area contributed by atoms with Crippen molar-refractivity contribution in [3.63, 3.8) is 0 Å². The number of nitrogens with one attached hydrogen (secondary N) is 1. The lowest BCUT2D eigenvalue weighted by atomic mass is 10.1. The second-order valence-electron chi connectivity index (χ2n) is 7.08. The quantitative estimate of drug-likeness (QED) is 0.822. The monoisotopic (exact) mass is 363 g/mol. The molecule has 4 nitrogen and oxygen atoms in total. The maximum atomic E-state index is 12.4. The van der Waals surface area contributed by atoms with Crippen molar-refractivity contribution in [2.45, 2.75) is 13.5 Å². The molecular formula is C23H29N3O. The van der Waals surface area contributed by atoms with Crippen molar-refractivity contribution in [3.8, 4) is 0 Å². The van der Waals surface area contributed by atoms with Crippen molar-refractivity contribution < 1.29 is 4.79 Å². The summed E-state index contributed by atoms with van der Waals surface area (Å²) >= 11 is 0. The number of carbonyl (C=O) groups excluding carboxylic acids is 1. The second kappa shape index (κ2) is 10.0. The molecule has 1 heterocycles. The van der Waals surface area contributed by atoms with Crippen LogP contribution in [0.25, 0.3) is 6.08 Å². The molecule has 0 saturated carbocycles. The number of aryl methyl sites for hydroxylation is 1. The fraction of sp³-hybridized carbons (Fsp3) is 0.348. The highest BCUT2D eigenvalue weighted by molar-refractivity contribution is 5.78. The number of benzene rings is 2. The first-order valence-electron chi connectivity index (χ1n) is 9.69. The molecule has 0 aliphatic carbocycles. The molecule has 1 saturated heterocycles. The molecule has 0 radical (unpaired) electrons. The molecule has 4 heteroatoms. The number of piperazine rings is 1. The normalized spacial score (nSPS) is 15.4. The molecule has 2 aromatic carbocycles. The van der Waals surface area contributed by atoms with Crippen LogP contribution in [0.4, 0.5) is 0 Å². The van der Waals surface area contributed by atoms with Crippen LogP contribution >= 0.6 is 0 Å². The van der Waals surface area contributed by atoms with E-state index in [4.69, 9.17) is 0 Å². The number of amides is 1. The predicted octanol–water partition coefficient (Wildman–Crippen LogP) is 2.94. The van der Waals surface area contributed by atoms with Crippen LogP contribution in [0, 0.1) is 6.92 Å². The van der Waals surface area contributed by atoms with Crippen molar-refractivity contribution in [2.24, 2.45) is 0 Å². The zero-order valence-electron chi connectivity index (χ0n) is 16.1. The summed E-state index contributed by atoms with van der Waals surface area (Å²) < 4.78 is 0. The largest absolute Gasteiger partial charge is 0.339 e. The molecule has 1 amide bonds. The number of rotatable bonds is 7. The first-order valence-corrected chi connectivity index (χ1v) is 9.69. The summed E-state index contributed by atoms with van der Waals surface area (Å²) in [4.78, 5) is 16.7. The molecule has 3 rings (SSSR count). The standard InChI is InChI=1S/C23H29N3O/c1-20-9-11-22(12-10-20)18-24-19-23(27)26-16-14-25(15-17-26)13-5-8-21-6-3-2-4-7-21/h2-12,24H,13-19H2,1H3/b8-5+. The number of nitrogens with zero attached hydrogens (tertiary/aromatic N) is 2. The average Bonchev–Trinajstić information content (AvgIpc) is 2.71. The maximum absolute atomic E-state index is 12.4. The van der Waals surface area contributed by atoms with Gasteiger partial charge >= 0.3 is 0 Å². The number of carbonyl (C=O) groups is 1. The van der Waals surface area contributed by atoms with Crippen molar-refractivity contribution in [1.29, 1.82) is 0 Å². The fourth-order valence-corrected chi connectivity index (χ4v) is 3.21. The van der Waals surface area contributed by atoms with Crippen molar-refractivity contribution >= 4 is 12.0 Å². The summed E-state index contributed by atoms with van der Waals surface area (Å²) in [5.74, 6) is 0.196. The fourth-order valence-electron chi connectivity index (χ4n) is 3.21. The maximum Gasteiger partial charge on any atom is 0.236 e. The lowest BCUT2D eigenvalue weighted by molar-refractivity contribution is -0.131. The molecule has 1 N–H and O–H groups in total. The van der Waals surface area contributed by atoms with Gasteiger partial charge in [0.15, 0.2) is 0 Å². The van der Waals surface area contributed by atoms with E-state index in [-0.39, 0.29) is 5.91 Å². The summed E-state index contributed by atoms with van der Waals surface area (Å²) in [6, 6.07) is 18.8. The van der Waals surface area contributed by atoms with Crippen LogP contribution in [0.3, 0.4) is 0 Å². The third kappa shape index (κ3) is 6.35. The van der Waals surface area contributed by atoms with Gasteiger partial charge in [0.2, 0.25) is 5.91 Å². The minimum absolute atomic E-state index is 0.196. The van der Waals surface area contributed by atoms with Gasteiger partial charge in [-0.15, -0.1) is 0 Å². The smallest absolute Gasteiger partial charge is 0.236 e. The van der Waals surface area contributed by atoms with Gasteiger partial charge in [-0.25, -0.2) is 0 Å². The Morgan fingerprint density at radius 2 is 1.70 bits per heavy atom. The minimum atomic E-state index is 0.196. The Hall–Kier alpha value is -2.43. The highest BCUT2D eigenvalue weighted by Crippen LogP contribution is 2.05. The number of hydrogen-bond acceptors (Lipinski definition) is 3. The van der Waals surface area contributed by atoms with Gasteiger partial charge in [0.25, 0.3) is 0 Å². The second-order valence-corrected chi connectivity index (χ2v) is 7.08. The lowest BCUT2D eigenvalue weighted by Gasteiger charge is -2.34. The molecule has 0 unspecified atom stereocenters. The van der Waals surface area contributed by atoms with E-state index in [1.165, 1.54) is 16.7 Å². The molecular weight excluding hydrogens is 334 g/mol. The summed E-state index contributed by atoms with van der Waals surface area (Å²) in [7, 11) is 0. The molecule has 0 bridgehead atoms. The van der Waals surface area contributed by atoms with E-state index in [1.54, 1.807) is 0 Å². The minimum Gasteiger partial charge on any atom is -0.339 e. The van der Waals surface area contributed by atoms with Gasteiger partial charge in [0.05, 0.1) is 6.54 Å². The van der Waals surface area contributed by atoms with E-state index in [2.05, 4.69) is 77.8 Å². The number of hydrogen-bond donors (Lipinski definition) is 1. The highest BCUT2D eigenvalue weighted by atomic mass is 16.2. The molecule has 0 atom stereocenters. The zero-order chi connectivity index (χ0) is 18.9. The van der Waals surface area contributed by atoms with Gasteiger partial charge in [-0.1, -0.05) is 72.3 Å². The Morgan fingerprint density at radius 3 is 2.41 bits per heavy atom. The van der Waals surface area contributed by atoms with Gasteiger partial charge < -0.3 is 10.2 Å². The molecule has 2 aromatic rings. The van der Waals surface area contributed by atoms with E-state index in [0.717, 1.165) is 39.3 Å². The van der Waals surface area contributed by atoms with Crippen LogP contribution in [0.15, 0.2) is 60.7 Å². The molecule has 27 heavy (non-hydrogen) atoms. The summed E-state index contributed by atoms with van der Waals surface area (Å²) in [5, 5.41) is 3.27. The van der Waals surface area contributed by atoms with Gasteiger partial charge in [-0.05, 0) is 18.1 Å². The average molecular weight is 364 g/mol. The Balaban J connectivity index is 1.34. The molecule has 1 fully saturated rings. The van der Waals surface area contributed by atoms with Crippen LogP contribution in [0.5, 0.6) is 0 Å². The Bertz CT molecular complexity index is 732. The van der Waals surface area contributed by atoms with Gasteiger partial charge in [0, 0.05) is 39.3 Å². The van der Waals surface area contributed by atoms with Gasteiger partial charge in [0.1, 0.15) is 0 Å². The molecule has 1 aliphatic rings. The zero-order valence-corrected chi connectivity index (χ0v) is 16.1. The summed E-state index contributed by atoms with van der Waals surface area (Å²) in [5.41, 5.74) is 3.70. The summed E-state index contributed by atoms with van der Waals surface area (Å²) in [6.45, 7) is 7.64.